The SMILES string of the molecule is Cc1cccc2ccn3cc4ccccc4c3c12. The highest BCUT2D eigenvalue weighted by Crippen LogP contribution is 2.30. The molecule has 0 fully saturated rings. The summed E-state index contributed by atoms with van der Waals surface area (Å²) >= 11 is 0. The fourth-order valence-electron chi connectivity index (χ4n) is 2.87. The third kappa shape index (κ3) is 1.16. The Morgan fingerprint density at radius 1 is 0.833 bits per heavy atom. The molecular formula is C17H13N. The first-order chi connectivity index (χ1) is 8.84. The van der Waals surface area contributed by atoms with Crippen molar-refractivity contribution in [1.29, 1.82) is 0 Å². The fourth-order valence-corrected chi connectivity index (χ4v) is 2.87. The zero-order chi connectivity index (χ0) is 12.1. The molecule has 18 heavy (non-hydrogen) atoms. The quantitative estimate of drug-likeness (QED) is 0.418. The Bertz CT molecular complexity index is 884. The number of aryl methyl sites for hydroxylation is 1. The third-order valence-corrected chi connectivity index (χ3v) is 3.71. The van der Waals surface area contributed by atoms with Crippen LogP contribution in [0, 0.1) is 6.92 Å². The van der Waals surface area contributed by atoms with Crippen LogP contribution in [0.5, 0.6) is 0 Å². The van der Waals surface area contributed by atoms with E-state index < -0.39 is 0 Å². The fraction of sp³-hybridized carbons (Fsp3) is 0.0588. The van der Waals surface area contributed by atoms with Crippen LogP contribution in [-0.4, -0.2) is 4.40 Å². The maximum atomic E-state index is 2.24. The van der Waals surface area contributed by atoms with E-state index in [1.54, 1.807) is 0 Å². The van der Waals surface area contributed by atoms with Gasteiger partial charge in [0.05, 0.1) is 5.52 Å². The summed E-state index contributed by atoms with van der Waals surface area (Å²) in [6, 6.07) is 17.3. The van der Waals surface area contributed by atoms with E-state index in [1.807, 2.05) is 0 Å². The lowest BCUT2D eigenvalue weighted by Gasteiger charge is -2.05. The monoisotopic (exact) mass is 231 g/mol. The number of fused-ring (bicyclic) bond motifs is 5. The Morgan fingerprint density at radius 3 is 2.61 bits per heavy atom. The highest BCUT2D eigenvalue weighted by molar-refractivity contribution is 6.12. The van der Waals surface area contributed by atoms with Gasteiger partial charge in [0.15, 0.2) is 0 Å². The summed E-state index contributed by atoms with van der Waals surface area (Å²) in [4.78, 5) is 0. The van der Waals surface area contributed by atoms with Crippen molar-refractivity contribution in [2.45, 2.75) is 6.92 Å². The van der Waals surface area contributed by atoms with Gasteiger partial charge in [0.25, 0.3) is 0 Å². The van der Waals surface area contributed by atoms with Crippen molar-refractivity contribution in [2.75, 3.05) is 0 Å². The number of hydrogen-bond acceptors (Lipinski definition) is 0. The second kappa shape index (κ2) is 3.36. The van der Waals surface area contributed by atoms with Gasteiger partial charge in [-0.05, 0) is 23.9 Å². The molecule has 1 heteroatoms. The number of rotatable bonds is 0. The van der Waals surface area contributed by atoms with Crippen LogP contribution in [0.25, 0.3) is 27.1 Å². The minimum absolute atomic E-state index is 1.30. The molecular weight excluding hydrogens is 218 g/mol. The molecule has 1 nitrogen and oxygen atoms in total. The highest BCUT2D eigenvalue weighted by Gasteiger charge is 2.07. The highest BCUT2D eigenvalue weighted by atomic mass is 14.9. The summed E-state index contributed by atoms with van der Waals surface area (Å²) in [5.74, 6) is 0. The molecule has 0 radical (unpaired) electrons. The molecule has 0 aliphatic rings. The molecule has 0 spiro atoms. The molecule has 4 aromatic rings. The second-order valence-electron chi connectivity index (χ2n) is 4.83. The number of pyridine rings is 1. The van der Waals surface area contributed by atoms with Gasteiger partial charge in [0.1, 0.15) is 0 Å². The van der Waals surface area contributed by atoms with Crippen molar-refractivity contribution in [1.82, 2.24) is 4.40 Å². The zero-order valence-electron chi connectivity index (χ0n) is 10.2. The molecule has 0 N–H and O–H groups in total. The molecule has 4 rings (SSSR count). The lowest BCUT2D eigenvalue weighted by molar-refractivity contribution is 1.22. The predicted molar refractivity (Wildman–Crippen MR) is 77.1 cm³/mol. The molecule has 0 aliphatic carbocycles. The van der Waals surface area contributed by atoms with Crippen molar-refractivity contribution in [3.63, 3.8) is 0 Å². The van der Waals surface area contributed by atoms with Gasteiger partial charge in [-0.2, -0.15) is 0 Å². The van der Waals surface area contributed by atoms with Gasteiger partial charge in [-0.25, -0.2) is 0 Å². The van der Waals surface area contributed by atoms with E-state index in [-0.39, 0.29) is 0 Å². The number of aromatic nitrogens is 1. The van der Waals surface area contributed by atoms with Gasteiger partial charge < -0.3 is 4.40 Å². The molecule has 0 saturated carbocycles. The van der Waals surface area contributed by atoms with Gasteiger partial charge in [-0.15, -0.1) is 0 Å². The van der Waals surface area contributed by atoms with Gasteiger partial charge in [-0.1, -0.05) is 42.5 Å². The summed E-state index contributed by atoms with van der Waals surface area (Å²) in [6.07, 6.45) is 4.35. The number of nitrogens with zero attached hydrogens (tertiary/aromatic N) is 1. The first kappa shape index (κ1) is 9.72. The number of hydrogen-bond donors (Lipinski definition) is 0. The van der Waals surface area contributed by atoms with Crippen molar-refractivity contribution in [3.8, 4) is 0 Å². The molecule has 0 amide bonds. The van der Waals surface area contributed by atoms with Crippen LogP contribution < -0.4 is 0 Å². The van der Waals surface area contributed by atoms with Crippen LogP contribution >= 0.6 is 0 Å². The van der Waals surface area contributed by atoms with E-state index in [4.69, 9.17) is 0 Å². The zero-order valence-corrected chi connectivity index (χ0v) is 10.2. The van der Waals surface area contributed by atoms with E-state index in [9.17, 15) is 0 Å². The van der Waals surface area contributed by atoms with Crippen LogP contribution in [0.1, 0.15) is 5.56 Å². The van der Waals surface area contributed by atoms with E-state index in [0.29, 0.717) is 0 Å². The van der Waals surface area contributed by atoms with Gasteiger partial charge in [-0.3, -0.25) is 0 Å². The Morgan fingerprint density at radius 2 is 1.67 bits per heavy atom. The van der Waals surface area contributed by atoms with Crippen molar-refractivity contribution >= 4 is 27.1 Å². The summed E-state index contributed by atoms with van der Waals surface area (Å²) in [5.41, 5.74) is 2.66. The van der Waals surface area contributed by atoms with Crippen LogP contribution in [-0.2, 0) is 0 Å². The Hall–Kier alpha value is -2.28. The smallest absolute Gasteiger partial charge is 0.0609 e. The molecule has 0 aliphatic heterocycles. The van der Waals surface area contributed by atoms with Crippen molar-refractivity contribution in [2.24, 2.45) is 0 Å². The molecule has 0 atom stereocenters. The predicted octanol–water partition coefficient (Wildman–Crippen LogP) is 4.55. The summed E-state index contributed by atoms with van der Waals surface area (Å²) in [5, 5.41) is 5.30. The third-order valence-electron chi connectivity index (χ3n) is 3.71. The normalized spacial score (nSPS) is 11.6. The Kier molecular flexibility index (Phi) is 1.81. The van der Waals surface area contributed by atoms with Crippen molar-refractivity contribution < 1.29 is 0 Å². The molecule has 2 aromatic heterocycles. The lowest BCUT2D eigenvalue weighted by atomic mass is 10.0. The van der Waals surface area contributed by atoms with Crippen LogP contribution in [0.4, 0.5) is 0 Å². The molecule has 0 saturated heterocycles. The first-order valence-corrected chi connectivity index (χ1v) is 6.22. The van der Waals surface area contributed by atoms with E-state index in [1.165, 1.54) is 32.6 Å². The van der Waals surface area contributed by atoms with Gasteiger partial charge in [0.2, 0.25) is 0 Å². The average Bonchev–Trinajstić information content (AvgIpc) is 2.77. The maximum absolute atomic E-state index is 2.24. The average molecular weight is 231 g/mol. The molecule has 2 heterocycles. The molecule has 0 unspecified atom stereocenters. The maximum Gasteiger partial charge on any atom is 0.0609 e. The van der Waals surface area contributed by atoms with Crippen LogP contribution in [0.2, 0.25) is 0 Å². The minimum Gasteiger partial charge on any atom is -0.322 e. The Labute approximate surface area is 105 Å². The summed E-state index contributed by atoms with van der Waals surface area (Å²) in [6.45, 7) is 2.18. The summed E-state index contributed by atoms with van der Waals surface area (Å²) in [7, 11) is 0. The molecule has 86 valence electrons. The van der Waals surface area contributed by atoms with Crippen molar-refractivity contribution in [3.05, 3.63) is 66.5 Å². The van der Waals surface area contributed by atoms with E-state index in [0.717, 1.165) is 0 Å². The molecule has 0 bridgehead atoms. The van der Waals surface area contributed by atoms with Crippen LogP contribution in [0.3, 0.4) is 0 Å². The number of benzene rings is 2. The van der Waals surface area contributed by atoms with E-state index >= 15 is 0 Å². The largest absolute Gasteiger partial charge is 0.322 e. The molecule has 2 aromatic carbocycles. The minimum atomic E-state index is 1.30. The first-order valence-electron chi connectivity index (χ1n) is 6.22. The standard InChI is InChI=1S/C17H13N/c1-12-5-4-7-13-9-10-18-11-14-6-2-3-8-15(14)17(18)16(12)13/h2-11H,1H3. The van der Waals surface area contributed by atoms with Gasteiger partial charge >= 0.3 is 0 Å². The lowest BCUT2D eigenvalue weighted by Crippen LogP contribution is -1.85. The topological polar surface area (TPSA) is 4.41 Å². The van der Waals surface area contributed by atoms with Gasteiger partial charge in [0, 0.05) is 28.6 Å². The Balaban J connectivity index is 2.40. The second-order valence-corrected chi connectivity index (χ2v) is 4.83. The van der Waals surface area contributed by atoms with Crippen LogP contribution in [0.15, 0.2) is 60.9 Å². The summed E-state index contributed by atoms with van der Waals surface area (Å²) < 4.78 is 2.24. The van der Waals surface area contributed by atoms with E-state index in [2.05, 4.69) is 72.2 Å².